The summed E-state index contributed by atoms with van der Waals surface area (Å²) in [6.45, 7) is 7.28. The third-order valence-electron chi connectivity index (χ3n) is 7.06. The molecule has 3 heterocycles. The molecule has 0 aliphatic carbocycles. The Hall–Kier alpha value is -1.43. The minimum absolute atomic E-state index is 0.193. The van der Waals surface area contributed by atoms with Gasteiger partial charge >= 0.3 is 0 Å². The van der Waals surface area contributed by atoms with Gasteiger partial charge in [-0.2, -0.15) is 0 Å². The van der Waals surface area contributed by atoms with Crippen LogP contribution in [-0.4, -0.2) is 73.7 Å². The highest BCUT2D eigenvalue weighted by Gasteiger charge is 2.31. The quantitative estimate of drug-likeness (QED) is 0.766. The maximum absolute atomic E-state index is 12.5. The molecule has 3 saturated heterocycles. The van der Waals surface area contributed by atoms with Crippen LogP contribution in [0, 0.1) is 5.92 Å². The number of carbonyl (C=O) groups is 1. The molecule has 5 heteroatoms. The van der Waals surface area contributed by atoms with Gasteiger partial charge in [-0.3, -0.25) is 4.79 Å². The lowest BCUT2D eigenvalue weighted by Gasteiger charge is -2.41. The van der Waals surface area contributed by atoms with Crippen LogP contribution in [0.2, 0.25) is 0 Å². The average Bonchev–Trinajstić information content (AvgIpc) is 3.31. The molecule has 1 aromatic rings. The third kappa shape index (κ3) is 6.03. The van der Waals surface area contributed by atoms with Crippen LogP contribution in [0.4, 0.5) is 0 Å². The number of benzene rings is 1. The molecule has 1 amide bonds. The van der Waals surface area contributed by atoms with E-state index in [1.54, 1.807) is 0 Å². The molecule has 4 rings (SSSR count). The lowest BCUT2D eigenvalue weighted by molar-refractivity contribution is -0.127. The van der Waals surface area contributed by atoms with Gasteiger partial charge in [-0.25, -0.2) is 0 Å². The van der Waals surface area contributed by atoms with Crippen LogP contribution in [0.15, 0.2) is 30.3 Å². The number of nitrogens with one attached hydrogen (secondary N) is 1. The Kier molecular flexibility index (Phi) is 7.58. The van der Waals surface area contributed by atoms with Crippen molar-refractivity contribution < 1.29 is 9.53 Å². The Morgan fingerprint density at radius 1 is 1.00 bits per heavy atom. The first-order valence-electron chi connectivity index (χ1n) is 11.7. The Balaban J connectivity index is 1.12. The zero-order chi connectivity index (χ0) is 19.9. The van der Waals surface area contributed by atoms with E-state index in [0.717, 1.165) is 51.8 Å². The molecule has 3 aliphatic heterocycles. The van der Waals surface area contributed by atoms with Gasteiger partial charge in [-0.1, -0.05) is 30.3 Å². The zero-order valence-corrected chi connectivity index (χ0v) is 17.7. The van der Waals surface area contributed by atoms with E-state index in [-0.39, 0.29) is 17.9 Å². The van der Waals surface area contributed by atoms with Crippen LogP contribution in [0.5, 0.6) is 0 Å². The van der Waals surface area contributed by atoms with Crippen LogP contribution < -0.4 is 5.32 Å². The predicted octanol–water partition coefficient (Wildman–Crippen LogP) is 2.70. The van der Waals surface area contributed by atoms with Crippen LogP contribution in [0.3, 0.4) is 0 Å². The zero-order valence-electron chi connectivity index (χ0n) is 17.7. The molecule has 0 aromatic heterocycles. The van der Waals surface area contributed by atoms with Gasteiger partial charge in [0.1, 0.15) is 0 Å². The molecule has 5 nitrogen and oxygen atoms in total. The summed E-state index contributed by atoms with van der Waals surface area (Å²) in [4.78, 5) is 17.7. The van der Waals surface area contributed by atoms with E-state index in [4.69, 9.17) is 4.74 Å². The summed E-state index contributed by atoms with van der Waals surface area (Å²) >= 11 is 0. The fraction of sp³-hybridized carbons (Fsp3) is 0.708. The Morgan fingerprint density at radius 2 is 1.76 bits per heavy atom. The number of nitrogens with zero attached hydrogens (tertiary/aromatic N) is 2. The molecule has 3 fully saturated rings. The standard InChI is InChI=1S/C24H37N3O2/c28-24(25-19-23-7-4-18-29-23)21-9-16-27(17-10-21)22-11-14-26(15-12-22)13-8-20-5-2-1-3-6-20/h1-3,5-6,21-23H,4,7-19H2,(H,25,28)/t23-/m1/s1. The molecule has 0 saturated carbocycles. The van der Waals surface area contributed by atoms with Gasteiger partial charge in [0.05, 0.1) is 6.10 Å². The van der Waals surface area contributed by atoms with Crippen molar-refractivity contribution in [1.29, 1.82) is 0 Å². The summed E-state index contributed by atoms with van der Waals surface area (Å²) in [7, 11) is 0. The van der Waals surface area contributed by atoms with Gasteiger partial charge in [0.25, 0.3) is 0 Å². The average molecular weight is 400 g/mol. The SMILES string of the molecule is O=C(NC[C@H]1CCCO1)C1CCN(C2CCN(CCc3ccccc3)CC2)CC1. The van der Waals surface area contributed by atoms with Gasteiger partial charge in [0.2, 0.25) is 5.91 Å². The highest BCUT2D eigenvalue weighted by atomic mass is 16.5. The van der Waals surface area contributed by atoms with Crippen molar-refractivity contribution in [2.75, 3.05) is 45.9 Å². The second kappa shape index (κ2) is 10.6. The van der Waals surface area contributed by atoms with E-state index < -0.39 is 0 Å². The summed E-state index contributed by atoms with van der Waals surface area (Å²) in [5.74, 6) is 0.439. The Labute approximate surface area is 175 Å². The van der Waals surface area contributed by atoms with Gasteiger partial charge in [-0.15, -0.1) is 0 Å². The molecule has 1 atom stereocenters. The van der Waals surface area contributed by atoms with Crippen molar-refractivity contribution in [1.82, 2.24) is 15.1 Å². The minimum atomic E-state index is 0.193. The van der Waals surface area contributed by atoms with Gasteiger partial charge in [0, 0.05) is 31.7 Å². The van der Waals surface area contributed by atoms with Crippen LogP contribution >= 0.6 is 0 Å². The van der Waals surface area contributed by atoms with Crippen molar-refractivity contribution in [3.8, 4) is 0 Å². The van der Waals surface area contributed by atoms with Crippen molar-refractivity contribution in [2.45, 2.75) is 57.1 Å². The minimum Gasteiger partial charge on any atom is -0.376 e. The van der Waals surface area contributed by atoms with Crippen molar-refractivity contribution >= 4 is 5.91 Å². The maximum atomic E-state index is 12.5. The highest BCUT2D eigenvalue weighted by molar-refractivity contribution is 5.78. The molecule has 160 valence electrons. The predicted molar refractivity (Wildman–Crippen MR) is 116 cm³/mol. The molecule has 0 unspecified atom stereocenters. The molecule has 0 radical (unpaired) electrons. The third-order valence-corrected chi connectivity index (χ3v) is 7.06. The van der Waals surface area contributed by atoms with Crippen molar-refractivity contribution in [3.05, 3.63) is 35.9 Å². The Morgan fingerprint density at radius 3 is 2.45 bits per heavy atom. The number of ether oxygens (including phenoxy) is 1. The fourth-order valence-electron chi connectivity index (χ4n) is 5.13. The van der Waals surface area contributed by atoms with E-state index in [2.05, 4.69) is 45.4 Å². The lowest BCUT2D eigenvalue weighted by Crippen LogP contribution is -2.49. The molecule has 29 heavy (non-hydrogen) atoms. The number of rotatable bonds is 7. The molecule has 1 aromatic carbocycles. The first-order chi connectivity index (χ1) is 14.3. The van der Waals surface area contributed by atoms with Crippen molar-refractivity contribution in [2.24, 2.45) is 5.92 Å². The number of hydrogen-bond acceptors (Lipinski definition) is 4. The second-order valence-electron chi connectivity index (χ2n) is 9.00. The van der Waals surface area contributed by atoms with E-state index in [0.29, 0.717) is 12.6 Å². The van der Waals surface area contributed by atoms with Crippen LogP contribution in [0.25, 0.3) is 0 Å². The first-order valence-corrected chi connectivity index (χ1v) is 11.7. The van der Waals surface area contributed by atoms with Crippen LogP contribution in [0.1, 0.15) is 44.1 Å². The highest BCUT2D eigenvalue weighted by Crippen LogP contribution is 2.24. The largest absolute Gasteiger partial charge is 0.376 e. The molecule has 1 N–H and O–H groups in total. The molecular formula is C24H37N3O2. The van der Waals surface area contributed by atoms with Crippen molar-refractivity contribution in [3.63, 3.8) is 0 Å². The number of likely N-dealkylation sites (tertiary alicyclic amines) is 2. The van der Waals surface area contributed by atoms with Crippen LogP contribution in [-0.2, 0) is 16.0 Å². The monoisotopic (exact) mass is 399 g/mol. The molecule has 0 bridgehead atoms. The normalized spacial score (nSPS) is 25.3. The summed E-state index contributed by atoms with van der Waals surface area (Å²) in [6, 6.07) is 11.5. The summed E-state index contributed by atoms with van der Waals surface area (Å²) < 4.78 is 5.61. The second-order valence-corrected chi connectivity index (χ2v) is 9.00. The van der Waals surface area contributed by atoms with E-state index in [9.17, 15) is 4.79 Å². The maximum Gasteiger partial charge on any atom is 0.223 e. The van der Waals surface area contributed by atoms with Gasteiger partial charge in [-0.05, 0) is 76.7 Å². The molecular weight excluding hydrogens is 362 g/mol. The fourth-order valence-corrected chi connectivity index (χ4v) is 5.13. The van der Waals surface area contributed by atoms with E-state index in [1.165, 1.54) is 38.0 Å². The van der Waals surface area contributed by atoms with E-state index >= 15 is 0 Å². The summed E-state index contributed by atoms with van der Waals surface area (Å²) in [5.41, 5.74) is 1.44. The Bertz CT molecular complexity index is 616. The number of amides is 1. The number of carbonyl (C=O) groups excluding carboxylic acids is 1. The van der Waals surface area contributed by atoms with Gasteiger partial charge < -0.3 is 19.9 Å². The topological polar surface area (TPSA) is 44.8 Å². The lowest BCUT2D eigenvalue weighted by atomic mass is 9.92. The summed E-state index contributed by atoms with van der Waals surface area (Å²) in [6.07, 6.45) is 8.16. The number of piperidine rings is 2. The van der Waals surface area contributed by atoms with E-state index in [1.807, 2.05) is 0 Å². The van der Waals surface area contributed by atoms with Gasteiger partial charge in [0.15, 0.2) is 0 Å². The summed E-state index contributed by atoms with van der Waals surface area (Å²) in [5, 5.41) is 3.13. The first kappa shape index (κ1) is 20.8. The number of hydrogen-bond donors (Lipinski definition) is 1. The smallest absolute Gasteiger partial charge is 0.223 e. The molecule has 3 aliphatic rings. The molecule has 0 spiro atoms.